The van der Waals surface area contributed by atoms with Crippen molar-refractivity contribution in [2.24, 2.45) is 0 Å². The Morgan fingerprint density at radius 1 is 1.00 bits per heavy atom. The Labute approximate surface area is 152 Å². The number of rotatable bonds is 8. The minimum atomic E-state index is -0.294. The van der Waals surface area contributed by atoms with Crippen molar-refractivity contribution >= 4 is 29.4 Å². The Morgan fingerprint density at radius 3 is 2.15 bits per heavy atom. The Morgan fingerprint density at radius 2 is 1.58 bits per heavy atom. The molecule has 0 aliphatic heterocycles. The third-order valence-corrected chi connectivity index (χ3v) is 3.67. The average molecular weight is 351 g/mol. The zero-order valence-electron chi connectivity index (χ0n) is 14.7. The van der Waals surface area contributed by atoms with Gasteiger partial charge in [-0.2, -0.15) is 0 Å². The van der Waals surface area contributed by atoms with Crippen LogP contribution < -0.4 is 10.1 Å². The molecule has 0 fully saturated rings. The maximum Gasteiger partial charge on any atom is 0.163 e. The number of phenols is 1. The van der Waals surface area contributed by atoms with E-state index in [0.717, 1.165) is 11.3 Å². The Kier molecular flexibility index (Phi) is 6.74. The number of benzene rings is 2. The second kappa shape index (κ2) is 9.22. The van der Waals surface area contributed by atoms with Gasteiger partial charge in [-0.15, -0.1) is 0 Å². The highest BCUT2D eigenvalue weighted by Gasteiger charge is 2.05. The molecule has 0 aliphatic carbocycles. The van der Waals surface area contributed by atoms with Crippen molar-refractivity contribution in [2.75, 3.05) is 19.5 Å². The van der Waals surface area contributed by atoms with Gasteiger partial charge in [-0.25, -0.2) is 0 Å². The first-order chi connectivity index (χ1) is 12.5. The molecule has 0 radical (unpaired) electrons. The predicted molar refractivity (Wildman–Crippen MR) is 103 cm³/mol. The van der Waals surface area contributed by atoms with Crippen LogP contribution in [0.1, 0.15) is 17.5 Å². The number of ketones is 2. The number of allylic oxidation sites excluding steroid dienone is 2. The zero-order valence-corrected chi connectivity index (χ0v) is 14.7. The van der Waals surface area contributed by atoms with Gasteiger partial charge in [-0.05, 0) is 47.5 Å². The molecule has 0 saturated carbocycles. The van der Waals surface area contributed by atoms with Gasteiger partial charge in [0.2, 0.25) is 0 Å². The molecule has 26 heavy (non-hydrogen) atoms. The first kappa shape index (κ1) is 19.0. The maximum absolute atomic E-state index is 11.9. The van der Waals surface area contributed by atoms with Crippen molar-refractivity contribution in [3.05, 3.63) is 65.7 Å². The number of hydrogen-bond acceptors (Lipinski definition) is 5. The quantitative estimate of drug-likeness (QED) is 0.560. The largest absolute Gasteiger partial charge is 0.504 e. The molecule has 0 bridgehead atoms. The van der Waals surface area contributed by atoms with E-state index in [-0.39, 0.29) is 23.7 Å². The third-order valence-electron chi connectivity index (χ3n) is 3.67. The van der Waals surface area contributed by atoms with Gasteiger partial charge in [0.1, 0.15) is 0 Å². The van der Waals surface area contributed by atoms with E-state index < -0.39 is 0 Å². The van der Waals surface area contributed by atoms with Crippen LogP contribution in [0.3, 0.4) is 0 Å². The minimum Gasteiger partial charge on any atom is -0.504 e. The van der Waals surface area contributed by atoms with Crippen molar-refractivity contribution in [3.8, 4) is 11.5 Å². The molecule has 2 aromatic rings. The van der Waals surface area contributed by atoms with E-state index in [9.17, 15) is 14.7 Å². The van der Waals surface area contributed by atoms with Crippen LogP contribution in [-0.2, 0) is 9.59 Å². The molecule has 5 heteroatoms. The number of carbonyl (C=O) groups is 2. The van der Waals surface area contributed by atoms with Crippen molar-refractivity contribution < 1.29 is 19.4 Å². The summed E-state index contributed by atoms with van der Waals surface area (Å²) in [6.45, 7) is 0. The van der Waals surface area contributed by atoms with Crippen LogP contribution in [0.4, 0.5) is 5.69 Å². The van der Waals surface area contributed by atoms with Crippen molar-refractivity contribution in [1.82, 2.24) is 0 Å². The average Bonchev–Trinajstić information content (AvgIpc) is 2.66. The Hall–Kier alpha value is -3.34. The summed E-state index contributed by atoms with van der Waals surface area (Å²) >= 11 is 0. The lowest BCUT2D eigenvalue weighted by Crippen LogP contribution is -2.01. The van der Waals surface area contributed by atoms with Crippen LogP contribution in [0.15, 0.2) is 54.6 Å². The van der Waals surface area contributed by atoms with Crippen molar-refractivity contribution in [3.63, 3.8) is 0 Å². The van der Waals surface area contributed by atoms with Gasteiger partial charge >= 0.3 is 0 Å². The van der Waals surface area contributed by atoms with Crippen LogP contribution in [0, 0.1) is 0 Å². The molecule has 0 atom stereocenters. The number of hydrogen-bond donors (Lipinski definition) is 2. The zero-order chi connectivity index (χ0) is 18.9. The van der Waals surface area contributed by atoms with E-state index in [1.54, 1.807) is 24.3 Å². The fraction of sp³-hybridized carbons (Fsp3) is 0.143. The second-order valence-electron chi connectivity index (χ2n) is 5.58. The number of methoxy groups -OCH3 is 1. The molecule has 0 saturated heterocycles. The summed E-state index contributed by atoms with van der Waals surface area (Å²) in [7, 11) is 3.28. The second-order valence-corrected chi connectivity index (χ2v) is 5.58. The molecule has 134 valence electrons. The van der Waals surface area contributed by atoms with Crippen LogP contribution in [0.2, 0.25) is 0 Å². The number of ether oxygens (including phenoxy) is 1. The van der Waals surface area contributed by atoms with E-state index in [2.05, 4.69) is 5.32 Å². The number of anilines is 1. The molecular formula is C21H21NO4. The fourth-order valence-electron chi connectivity index (χ4n) is 2.23. The highest BCUT2D eigenvalue weighted by atomic mass is 16.5. The molecule has 0 aliphatic rings. The SMILES string of the molecule is CNc1ccc(/C=C/C(=O)CC(=O)/C=C/c2ccc(O)c(OC)c2)cc1. The van der Waals surface area contributed by atoms with Gasteiger partial charge in [-0.1, -0.05) is 30.4 Å². The van der Waals surface area contributed by atoms with E-state index in [0.29, 0.717) is 11.3 Å². The summed E-state index contributed by atoms with van der Waals surface area (Å²) in [6.07, 6.45) is 5.82. The lowest BCUT2D eigenvalue weighted by atomic mass is 10.1. The highest BCUT2D eigenvalue weighted by molar-refractivity contribution is 6.10. The van der Waals surface area contributed by atoms with Crippen LogP contribution in [-0.4, -0.2) is 30.8 Å². The highest BCUT2D eigenvalue weighted by Crippen LogP contribution is 2.26. The van der Waals surface area contributed by atoms with Gasteiger partial charge in [-0.3, -0.25) is 9.59 Å². The molecule has 0 spiro atoms. The molecule has 0 unspecified atom stereocenters. The van der Waals surface area contributed by atoms with Crippen molar-refractivity contribution in [1.29, 1.82) is 0 Å². The smallest absolute Gasteiger partial charge is 0.163 e. The summed E-state index contributed by atoms with van der Waals surface area (Å²) in [5, 5.41) is 12.6. The van der Waals surface area contributed by atoms with E-state index in [4.69, 9.17) is 4.74 Å². The number of aromatic hydroxyl groups is 1. The summed E-state index contributed by atoms with van der Waals surface area (Å²) < 4.78 is 5.01. The van der Waals surface area contributed by atoms with E-state index >= 15 is 0 Å². The van der Waals surface area contributed by atoms with Gasteiger partial charge in [0, 0.05) is 12.7 Å². The monoisotopic (exact) mass is 351 g/mol. The lowest BCUT2D eigenvalue weighted by molar-refractivity contribution is -0.121. The number of phenolic OH excluding ortho intramolecular Hbond substituents is 1. The Bertz CT molecular complexity index is 836. The van der Waals surface area contributed by atoms with E-state index in [1.807, 2.05) is 31.3 Å². The van der Waals surface area contributed by atoms with Gasteiger partial charge < -0.3 is 15.2 Å². The fourth-order valence-corrected chi connectivity index (χ4v) is 2.23. The lowest BCUT2D eigenvalue weighted by Gasteiger charge is -2.03. The molecule has 0 amide bonds. The normalized spacial score (nSPS) is 11.0. The number of carbonyl (C=O) groups excluding carboxylic acids is 2. The summed E-state index contributed by atoms with van der Waals surface area (Å²) in [5.41, 5.74) is 2.57. The van der Waals surface area contributed by atoms with Crippen LogP contribution in [0.5, 0.6) is 11.5 Å². The van der Waals surface area contributed by atoms with Gasteiger partial charge in [0.15, 0.2) is 23.1 Å². The first-order valence-electron chi connectivity index (χ1n) is 8.08. The molecule has 0 heterocycles. The van der Waals surface area contributed by atoms with Crippen LogP contribution in [0.25, 0.3) is 12.2 Å². The molecule has 5 nitrogen and oxygen atoms in total. The molecular weight excluding hydrogens is 330 g/mol. The van der Waals surface area contributed by atoms with Gasteiger partial charge in [0.05, 0.1) is 13.5 Å². The third kappa shape index (κ3) is 5.63. The maximum atomic E-state index is 11.9. The molecule has 0 aromatic heterocycles. The molecule has 2 N–H and O–H groups in total. The minimum absolute atomic E-state index is 0.0269. The standard InChI is InChI=1S/C21H21NO4/c1-22-17-8-3-15(4-9-17)5-10-18(23)14-19(24)11-6-16-7-12-20(25)21(13-16)26-2/h3-13,22,25H,14H2,1-2H3/b10-5+,11-6+. The van der Waals surface area contributed by atoms with Crippen molar-refractivity contribution in [2.45, 2.75) is 6.42 Å². The Balaban J connectivity index is 1.91. The summed E-state index contributed by atoms with van der Waals surface area (Å²) in [5.74, 6) is -0.209. The first-order valence-corrected chi connectivity index (χ1v) is 8.08. The van der Waals surface area contributed by atoms with Gasteiger partial charge in [0.25, 0.3) is 0 Å². The van der Waals surface area contributed by atoms with Crippen LogP contribution >= 0.6 is 0 Å². The predicted octanol–water partition coefficient (Wildman–Crippen LogP) is 3.70. The summed E-state index contributed by atoms with van der Waals surface area (Å²) in [6, 6.07) is 12.3. The molecule has 2 aromatic carbocycles. The van der Waals surface area contributed by atoms with E-state index in [1.165, 1.54) is 25.3 Å². The molecule has 2 rings (SSSR count). The number of nitrogens with one attached hydrogen (secondary N) is 1. The topological polar surface area (TPSA) is 75.6 Å². The summed E-state index contributed by atoms with van der Waals surface area (Å²) in [4.78, 5) is 23.8.